The normalized spacial score (nSPS) is 11.6. The highest BCUT2D eigenvalue weighted by Crippen LogP contribution is 2.18. The summed E-state index contributed by atoms with van der Waals surface area (Å²) in [4.78, 5) is 20.1. The lowest BCUT2D eigenvalue weighted by Crippen LogP contribution is -2.39. The summed E-state index contributed by atoms with van der Waals surface area (Å²) in [5.41, 5.74) is 0.857. The van der Waals surface area contributed by atoms with Crippen LogP contribution in [0.25, 0.3) is 17.1 Å². The first-order chi connectivity index (χ1) is 12.8. The molecule has 0 saturated carbocycles. The van der Waals surface area contributed by atoms with Gasteiger partial charge in [-0.25, -0.2) is 18.8 Å². The van der Waals surface area contributed by atoms with Gasteiger partial charge >= 0.3 is 10.2 Å². The van der Waals surface area contributed by atoms with Crippen LogP contribution in [0.1, 0.15) is 10.5 Å². The van der Waals surface area contributed by atoms with E-state index in [-0.39, 0.29) is 5.69 Å². The summed E-state index contributed by atoms with van der Waals surface area (Å²) in [6.07, 6.45) is 4.14. The lowest BCUT2D eigenvalue weighted by atomic mass is 10.2. The van der Waals surface area contributed by atoms with Crippen LogP contribution in [-0.2, 0) is 10.2 Å². The van der Waals surface area contributed by atoms with Gasteiger partial charge in [-0.05, 0) is 24.3 Å². The third kappa shape index (κ3) is 4.15. The largest absolute Gasteiger partial charge is 0.303 e. The van der Waals surface area contributed by atoms with E-state index in [9.17, 15) is 17.6 Å². The average Bonchev–Trinajstić information content (AvgIpc) is 3.11. The Hall–Kier alpha value is -3.18. The van der Waals surface area contributed by atoms with E-state index in [1.807, 2.05) is 4.72 Å². The number of amides is 1. The Balaban J connectivity index is 1.87. The number of nitrogens with one attached hydrogen (secondary N) is 1. The maximum absolute atomic E-state index is 13.3. The van der Waals surface area contributed by atoms with Gasteiger partial charge in [0, 0.05) is 32.1 Å². The Kier molecular flexibility index (Phi) is 4.97. The van der Waals surface area contributed by atoms with Crippen LogP contribution in [0.3, 0.4) is 0 Å². The molecule has 140 valence electrons. The second-order valence-corrected chi connectivity index (χ2v) is 7.52. The molecule has 0 radical (unpaired) electrons. The fourth-order valence-electron chi connectivity index (χ4n) is 2.10. The summed E-state index contributed by atoms with van der Waals surface area (Å²) in [5.74, 6) is -1.06. The summed E-state index contributed by atoms with van der Waals surface area (Å²) in [7, 11) is -1.33. The fourth-order valence-corrected chi connectivity index (χ4v) is 2.62. The first kappa shape index (κ1) is 18.6. The molecule has 11 heteroatoms. The Labute approximate surface area is 154 Å². The lowest BCUT2D eigenvalue weighted by Gasteiger charge is -2.12. The maximum Gasteiger partial charge on any atom is 0.303 e. The van der Waals surface area contributed by atoms with Crippen molar-refractivity contribution in [3.05, 3.63) is 60.4 Å². The van der Waals surface area contributed by atoms with Crippen molar-refractivity contribution in [2.24, 2.45) is 0 Å². The minimum atomic E-state index is -3.93. The van der Waals surface area contributed by atoms with Crippen molar-refractivity contribution in [3.8, 4) is 17.1 Å². The van der Waals surface area contributed by atoms with Crippen LogP contribution in [0.15, 0.2) is 48.9 Å². The molecule has 0 unspecified atom stereocenters. The van der Waals surface area contributed by atoms with Crippen molar-refractivity contribution in [2.75, 3.05) is 14.1 Å². The van der Waals surface area contributed by atoms with Crippen molar-refractivity contribution in [1.29, 1.82) is 0 Å². The first-order valence-electron chi connectivity index (χ1n) is 7.65. The molecule has 3 aromatic heterocycles. The summed E-state index contributed by atoms with van der Waals surface area (Å²) in [6.45, 7) is 0. The second-order valence-electron chi connectivity index (χ2n) is 5.64. The third-order valence-corrected chi connectivity index (χ3v) is 4.90. The number of hydrogen-bond donors (Lipinski definition) is 1. The number of rotatable bonds is 5. The highest BCUT2D eigenvalue weighted by molar-refractivity contribution is 7.87. The van der Waals surface area contributed by atoms with Crippen molar-refractivity contribution < 1.29 is 17.6 Å². The zero-order chi connectivity index (χ0) is 19.6. The summed E-state index contributed by atoms with van der Waals surface area (Å²) < 4.78 is 41.0. The molecule has 0 bridgehead atoms. The quantitative estimate of drug-likeness (QED) is 0.696. The van der Waals surface area contributed by atoms with Crippen molar-refractivity contribution >= 4 is 16.1 Å². The van der Waals surface area contributed by atoms with Gasteiger partial charge in [-0.1, -0.05) is 6.07 Å². The van der Waals surface area contributed by atoms with E-state index < -0.39 is 21.9 Å². The standard InChI is InChI=1S/C16H15FN6O3S/c1-22(2)27(25,26)21-16(24)14-4-3-5-15(19-14)23-7-6-13(20-23)11-8-12(17)10-18-9-11/h3-10H,1-2H3,(H,21,24). The molecule has 3 heterocycles. The molecule has 9 nitrogen and oxygen atoms in total. The van der Waals surface area contributed by atoms with Crippen LogP contribution in [0.2, 0.25) is 0 Å². The zero-order valence-corrected chi connectivity index (χ0v) is 15.2. The van der Waals surface area contributed by atoms with Gasteiger partial charge in [-0.15, -0.1) is 0 Å². The van der Waals surface area contributed by atoms with Crippen LogP contribution < -0.4 is 4.72 Å². The number of nitrogens with zero attached hydrogens (tertiary/aromatic N) is 5. The number of hydrogen-bond acceptors (Lipinski definition) is 6. The van der Waals surface area contributed by atoms with E-state index in [2.05, 4.69) is 15.1 Å². The number of pyridine rings is 2. The average molecular weight is 390 g/mol. The molecule has 0 saturated heterocycles. The summed E-state index contributed by atoms with van der Waals surface area (Å²) in [5, 5.41) is 4.28. The smallest absolute Gasteiger partial charge is 0.266 e. The molecule has 0 aliphatic heterocycles. The van der Waals surface area contributed by atoms with E-state index in [1.54, 1.807) is 24.4 Å². The van der Waals surface area contributed by atoms with E-state index in [4.69, 9.17) is 0 Å². The molecule has 0 atom stereocenters. The monoisotopic (exact) mass is 390 g/mol. The highest BCUT2D eigenvalue weighted by Gasteiger charge is 2.19. The Morgan fingerprint density at radius 3 is 2.70 bits per heavy atom. The lowest BCUT2D eigenvalue weighted by molar-refractivity contribution is 0.0975. The highest BCUT2D eigenvalue weighted by atomic mass is 32.2. The van der Waals surface area contributed by atoms with E-state index in [0.29, 0.717) is 17.1 Å². The number of carbonyl (C=O) groups excluding carboxylic acids is 1. The molecular formula is C16H15FN6O3S. The predicted molar refractivity (Wildman–Crippen MR) is 94.6 cm³/mol. The van der Waals surface area contributed by atoms with Crippen molar-refractivity contribution in [2.45, 2.75) is 0 Å². The third-order valence-electron chi connectivity index (χ3n) is 3.49. The van der Waals surface area contributed by atoms with Crippen molar-refractivity contribution in [3.63, 3.8) is 0 Å². The molecule has 3 rings (SSSR count). The SMILES string of the molecule is CN(C)S(=O)(=O)NC(=O)c1cccc(-n2ccc(-c3cncc(F)c3)n2)n1. The van der Waals surface area contributed by atoms with Crippen LogP contribution in [-0.4, -0.2) is 52.5 Å². The van der Waals surface area contributed by atoms with Crippen molar-refractivity contribution in [1.82, 2.24) is 28.8 Å². The van der Waals surface area contributed by atoms with Gasteiger partial charge in [0.15, 0.2) is 5.82 Å². The molecule has 0 spiro atoms. The minimum Gasteiger partial charge on any atom is -0.266 e. The van der Waals surface area contributed by atoms with E-state index in [0.717, 1.165) is 10.5 Å². The molecular weight excluding hydrogens is 375 g/mol. The van der Waals surface area contributed by atoms with Gasteiger partial charge in [0.1, 0.15) is 11.5 Å². The van der Waals surface area contributed by atoms with Gasteiger partial charge < -0.3 is 0 Å². The first-order valence-corrected chi connectivity index (χ1v) is 9.09. The predicted octanol–water partition coefficient (Wildman–Crippen LogP) is 1.00. The second kappa shape index (κ2) is 7.21. The summed E-state index contributed by atoms with van der Waals surface area (Å²) >= 11 is 0. The van der Waals surface area contributed by atoms with Crippen LogP contribution in [0.5, 0.6) is 0 Å². The number of aromatic nitrogens is 4. The Morgan fingerprint density at radius 1 is 1.22 bits per heavy atom. The van der Waals surface area contributed by atoms with Crippen LogP contribution in [0, 0.1) is 5.82 Å². The topological polar surface area (TPSA) is 110 Å². The van der Waals surface area contributed by atoms with Crippen LogP contribution >= 0.6 is 0 Å². The van der Waals surface area contributed by atoms with E-state index >= 15 is 0 Å². The molecule has 1 amide bonds. The van der Waals surface area contributed by atoms with Crippen LogP contribution in [0.4, 0.5) is 4.39 Å². The number of halogens is 1. The minimum absolute atomic E-state index is 0.0950. The zero-order valence-electron chi connectivity index (χ0n) is 14.4. The van der Waals surface area contributed by atoms with Gasteiger partial charge in [0.05, 0.1) is 11.9 Å². The molecule has 0 aromatic carbocycles. The summed E-state index contributed by atoms with van der Waals surface area (Å²) in [6, 6.07) is 7.46. The van der Waals surface area contributed by atoms with Gasteiger partial charge in [0.2, 0.25) is 0 Å². The molecule has 27 heavy (non-hydrogen) atoms. The maximum atomic E-state index is 13.3. The van der Waals surface area contributed by atoms with Gasteiger partial charge in [-0.2, -0.15) is 17.8 Å². The Bertz CT molecular complexity index is 1100. The van der Waals surface area contributed by atoms with Gasteiger partial charge in [0.25, 0.3) is 5.91 Å². The Morgan fingerprint density at radius 2 is 2.00 bits per heavy atom. The molecule has 0 fully saturated rings. The molecule has 3 aromatic rings. The number of carbonyl (C=O) groups is 1. The molecule has 0 aliphatic carbocycles. The van der Waals surface area contributed by atoms with Gasteiger partial charge in [-0.3, -0.25) is 9.78 Å². The van der Waals surface area contributed by atoms with E-state index in [1.165, 1.54) is 37.1 Å². The molecule has 0 aliphatic rings. The fraction of sp³-hybridized carbons (Fsp3) is 0.125. The molecule has 1 N–H and O–H groups in total.